The molecule has 1 aromatic rings. The molecule has 0 aliphatic heterocycles. The van der Waals surface area contributed by atoms with Crippen LogP contribution in [0.3, 0.4) is 0 Å². The van der Waals surface area contributed by atoms with Gasteiger partial charge in [0.05, 0.1) is 0 Å². The standard InChI is InChI=1S/C9H12NO5P/c11-9(10-7-15-16(12)13)14-6-8-4-2-1-3-5-8/h1-5,16H,6-7H2,(H,10,11)(H,12,13). The van der Waals surface area contributed by atoms with Crippen molar-refractivity contribution in [3.8, 4) is 0 Å². The van der Waals surface area contributed by atoms with Gasteiger partial charge >= 0.3 is 14.3 Å². The Kier molecular flexibility index (Phi) is 5.56. The van der Waals surface area contributed by atoms with Gasteiger partial charge in [-0.3, -0.25) is 14.4 Å². The molecule has 1 unspecified atom stereocenters. The van der Waals surface area contributed by atoms with Crippen molar-refractivity contribution in [3.63, 3.8) is 0 Å². The van der Waals surface area contributed by atoms with Crippen molar-refractivity contribution in [1.82, 2.24) is 5.32 Å². The lowest BCUT2D eigenvalue weighted by Crippen LogP contribution is -2.25. The number of carbonyl (C=O) groups is 1. The fraction of sp³-hybridized carbons (Fsp3) is 0.222. The number of alkyl carbamates (subject to hydrolysis) is 1. The minimum Gasteiger partial charge on any atom is -0.445 e. The molecule has 2 N–H and O–H groups in total. The van der Waals surface area contributed by atoms with Gasteiger partial charge in [-0.05, 0) is 5.56 Å². The van der Waals surface area contributed by atoms with Crippen LogP contribution in [0.15, 0.2) is 30.3 Å². The second-order valence-electron chi connectivity index (χ2n) is 2.79. The molecule has 1 amide bonds. The molecule has 6 nitrogen and oxygen atoms in total. The monoisotopic (exact) mass is 245 g/mol. The highest BCUT2D eigenvalue weighted by Crippen LogP contribution is 2.12. The maximum atomic E-state index is 11.0. The van der Waals surface area contributed by atoms with E-state index >= 15 is 0 Å². The minimum atomic E-state index is -3.02. The van der Waals surface area contributed by atoms with Gasteiger partial charge in [0.1, 0.15) is 13.3 Å². The van der Waals surface area contributed by atoms with Crippen LogP contribution >= 0.6 is 8.25 Å². The predicted molar refractivity (Wildman–Crippen MR) is 56.9 cm³/mol. The van der Waals surface area contributed by atoms with Gasteiger partial charge in [-0.1, -0.05) is 30.3 Å². The van der Waals surface area contributed by atoms with Gasteiger partial charge in [-0.2, -0.15) is 0 Å². The van der Waals surface area contributed by atoms with Crippen molar-refractivity contribution in [3.05, 3.63) is 35.9 Å². The van der Waals surface area contributed by atoms with Crippen LogP contribution in [-0.2, 0) is 20.4 Å². The zero-order valence-electron chi connectivity index (χ0n) is 8.38. The molecule has 0 fully saturated rings. The SMILES string of the molecule is O=C(NCO[PH](=O)O)OCc1ccccc1. The van der Waals surface area contributed by atoms with Gasteiger partial charge in [0.15, 0.2) is 0 Å². The Morgan fingerprint density at radius 2 is 2.06 bits per heavy atom. The Balaban J connectivity index is 2.18. The second kappa shape index (κ2) is 7.00. The smallest absolute Gasteiger partial charge is 0.409 e. The average Bonchev–Trinajstić information content (AvgIpc) is 2.27. The van der Waals surface area contributed by atoms with Crippen LogP contribution < -0.4 is 5.32 Å². The molecule has 0 bridgehead atoms. The maximum absolute atomic E-state index is 11.0. The summed E-state index contributed by atoms with van der Waals surface area (Å²) in [6.45, 7) is -0.205. The van der Waals surface area contributed by atoms with Crippen molar-refractivity contribution in [1.29, 1.82) is 0 Å². The maximum Gasteiger partial charge on any atom is 0.409 e. The predicted octanol–water partition coefficient (Wildman–Crippen LogP) is 1.27. The van der Waals surface area contributed by atoms with E-state index in [0.717, 1.165) is 5.56 Å². The van der Waals surface area contributed by atoms with E-state index in [2.05, 4.69) is 9.84 Å². The summed E-state index contributed by atoms with van der Waals surface area (Å²) in [5.74, 6) is 0. The van der Waals surface area contributed by atoms with Crippen molar-refractivity contribution >= 4 is 14.3 Å². The highest BCUT2D eigenvalue weighted by atomic mass is 31.1. The van der Waals surface area contributed by atoms with E-state index in [9.17, 15) is 9.36 Å². The molecular weight excluding hydrogens is 233 g/mol. The van der Waals surface area contributed by atoms with Crippen LogP contribution in [0, 0.1) is 0 Å². The van der Waals surface area contributed by atoms with E-state index in [1.54, 1.807) is 0 Å². The number of carbonyl (C=O) groups excluding carboxylic acids is 1. The number of benzene rings is 1. The van der Waals surface area contributed by atoms with Gasteiger partial charge in [0.25, 0.3) is 0 Å². The highest BCUT2D eigenvalue weighted by Gasteiger charge is 2.02. The van der Waals surface area contributed by atoms with Crippen molar-refractivity contribution in [2.75, 3.05) is 6.73 Å². The zero-order valence-corrected chi connectivity index (χ0v) is 9.38. The Bertz CT molecular complexity index is 356. The first-order valence-corrected chi connectivity index (χ1v) is 5.75. The minimum absolute atomic E-state index is 0.140. The highest BCUT2D eigenvalue weighted by molar-refractivity contribution is 7.32. The first-order chi connectivity index (χ1) is 7.68. The Morgan fingerprint density at radius 3 is 2.69 bits per heavy atom. The van der Waals surface area contributed by atoms with Gasteiger partial charge in [-0.15, -0.1) is 0 Å². The van der Waals surface area contributed by atoms with Gasteiger partial charge in [0.2, 0.25) is 0 Å². The van der Waals surface area contributed by atoms with Crippen LogP contribution in [0.4, 0.5) is 4.79 Å². The molecule has 0 aliphatic rings. The third-order valence-corrected chi connectivity index (χ3v) is 2.02. The summed E-state index contributed by atoms with van der Waals surface area (Å²) >= 11 is 0. The average molecular weight is 245 g/mol. The summed E-state index contributed by atoms with van der Waals surface area (Å²) in [6.07, 6.45) is -0.702. The molecule has 0 saturated heterocycles. The molecule has 0 aliphatic carbocycles. The lowest BCUT2D eigenvalue weighted by atomic mass is 10.2. The molecule has 0 saturated carbocycles. The Morgan fingerprint density at radius 1 is 1.38 bits per heavy atom. The Labute approximate surface area is 93.1 Å². The molecule has 88 valence electrons. The third-order valence-electron chi connectivity index (χ3n) is 1.62. The number of amides is 1. The summed E-state index contributed by atoms with van der Waals surface area (Å²) < 4.78 is 19.2. The fourth-order valence-electron chi connectivity index (χ4n) is 0.931. The molecule has 1 rings (SSSR count). The van der Waals surface area contributed by atoms with Gasteiger partial charge in [0, 0.05) is 0 Å². The molecular formula is C9H12NO5P. The van der Waals surface area contributed by atoms with E-state index in [1.807, 2.05) is 30.3 Å². The topological polar surface area (TPSA) is 84.9 Å². The number of ether oxygens (including phenoxy) is 1. The van der Waals surface area contributed by atoms with E-state index in [0.29, 0.717) is 0 Å². The molecule has 0 spiro atoms. The van der Waals surface area contributed by atoms with E-state index < -0.39 is 14.3 Å². The molecule has 0 heterocycles. The quantitative estimate of drug-likeness (QED) is 0.602. The van der Waals surface area contributed by atoms with Gasteiger partial charge in [-0.25, -0.2) is 4.79 Å². The fourth-order valence-corrected chi connectivity index (χ4v) is 1.13. The van der Waals surface area contributed by atoms with Crippen molar-refractivity contribution in [2.24, 2.45) is 0 Å². The lowest BCUT2D eigenvalue weighted by Gasteiger charge is -2.06. The molecule has 1 aromatic carbocycles. The van der Waals surface area contributed by atoms with Crippen LogP contribution in [0.2, 0.25) is 0 Å². The zero-order chi connectivity index (χ0) is 11.8. The van der Waals surface area contributed by atoms with Crippen LogP contribution in [0.1, 0.15) is 5.56 Å². The van der Waals surface area contributed by atoms with Crippen molar-refractivity contribution < 1.29 is 23.5 Å². The second-order valence-corrected chi connectivity index (χ2v) is 3.61. The molecule has 16 heavy (non-hydrogen) atoms. The van der Waals surface area contributed by atoms with Gasteiger partial charge < -0.3 is 9.63 Å². The number of hydrogen-bond acceptors (Lipinski definition) is 4. The van der Waals surface area contributed by atoms with Crippen molar-refractivity contribution in [2.45, 2.75) is 6.61 Å². The van der Waals surface area contributed by atoms with Crippen LogP contribution in [-0.4, -0.2) is 17.7 Å². The number of hydrogen-bond donors (Lipinski definition) is 2. The summed E-state index contributed by atoms with van der Waals surface area (Å²) in [4.78, 5) is 19.3. The number of rotatable bonds is 5. The molecule has 7 heteroatoms. The van der Waals surface area contributed by atoms with Crippen LogP contribution in [0.25, 0.3) is 0 Å². The largest absolute Gasteiger partial charge is 0.445 e. The van der Waals surface area contributed by atoms with Crippen LogP contribution in [0.5, 0.6) is 0 Å². The lowest BCUT2D eigenvalue weighted by molar-refractivity contribution is 0.129. The normalized spacial score (nSPS) is 11.8. The summed E-state index contributed by atoms with van der Waals surface area (Å²) in [5.41, 5.74) is 0.856. The molecule has 0 radical (unpaired) electrons. The summed E-state index contributed by atoms with van der Waals surface area (Å²) in [5, 5.41) is 2.17. The van der Waals surface area contributed by atoms with E-state index in [-0.39, 0.29) is 13.3 Å². The number of nitrogens with one attached hydrogen (secondary N) is 1. The van der Waals surface area contributed by atoms with E-state index in [1.165, 1.54) is 0 Å². The van der Waals surface area contributed by atoms with E-state index in [4.69, 9.17) is 9.63 Å². The first kappa shape index (κ1) is 12.7. The molecule has 1 atom stereocenters. The first-order valence-electron chi connectivity index (χ1n) is 4.49. The summed E-state index contributed by atoms with van der Waals surface area (Å²) in [6, 6.07) is 9.15. The Hall–Kier alpha value is -1.36. The summed E-state index contributed by atoms with van der Waals surface area (Å²) in [7, 11) is -3.02. The third kappa shape index (κ3) is 5.50. The molecule has 0 aromatic heterocycles.